The minimum absolute atomic E-state index is 0.0973. The summed E-state index contributed by atoms with van der Waals surface area (Å²) in [5.74, 6) is -10.0. The van der Waals surface area contributed by atoms with Gasteiger partial charge in [0, 0.05) is 23.9 Å². The van der Waals surface area contributed by atoms with Gasteiger partial charge in [-0.3, -0.25) is 10.1 Å². The van der Waals surface area contributed by atoms with E-state index in [2.05, 4.69) is 0 Å². The van der Waals surface area contributed by atoms with Crippen LogP contribution >= 0.6 is 0 Å². The second-order valence-electron chi connectivity index (χ2n) is 5.98. The van der Waals surface area contributed by atoms with E-state index in [0.717, 1.165) is 0 Å². The first-order valence-electron chi connectivity index (χ1n) is 7.45. The minimum atomic E-state index is -3.47. The summed E-state index contributed by atoms with van der Waals surface area (Å²) in [7, 11) is -3.47. The topological polar surface area (TPSA) is 52.4 Å². The normalized spacial score (nSPS) is 11.7. The van der Waals surface area contributed by atoms with E-state index in [1.54, 1.807) is 6.07 Å². The maximum atomic E-state index is 13.9. The van der Waals surface area contributed by atoms with Crippen LogP contribution in [0.15, 0.2) is 24.3 Å². The standard InChI is InChI=1S/C16H14F5NO3Si/c1-26(2,16-14(20)12(18)11(17)13(19)15(16)21)25-7-6-9-4-3-5-10(8-9)22(23)24/h3-5,8H,6-7H2,1-2H3. The Hall–Kier alpha value is -2.33. The molecule has 0 unspecified atom stereocenters. The number of halogens is 5. The highest BCUT2D eigenvalue weighted by atomic mass is 28.4. The molecule has 26 heavy (non-hydrogen) atoms. The molecule has 0 spiro atoms. The largest absolute Gasteiger partial charge is 0.412 e. The molecule has 2 aromatic rings. The molecule has 0 amide bonds. The lowest BCUT2D eigenvalue weighted by Gasteiger charge is -2.24. The van der Waals surface area contributed by atoms with Gasteiger partial charge in [-0.2, -0.15) is 0 Å². The lowest BCUT2D eigenvalue weighted by atomic mass is 10.1. The smallest absolute Gasteiger partial charge is 0.269 e. The van der Waals surface area contributed by atoms with Crippen LogP contribution in [0.25, 0.3) is 0 Å². The Morgan fingerprint density at radius 3 is 2.08 bits per heavy atom. The number of nitro groups is 1. The molecule has 0 aromatic heterocycles. The zero-order valence-corrected chi connectivity index (χ0v) is 14.8. The molecule has 0 aliphatic rings. The van der Waals surface area contributed by atoms with Crippen LogP contribution in [0.2, 0.25) is 13.1 Å². The molecule has 0 atom stereocenters. The summed E-state index contributed by atoms with van der Waals surface area (Å²) >= 11 is 0. The number of nitro benzene ring substituents is 1. The molecule has 0 N–H and O–H groups in total. The van der Waals surface area contributed by atoms with Gasteiger partial charge in [0.05, 0.1) is 4.92 Å². The SMILES string of the molecule is C[Si](C)(OCCc1cccc([N+](=O)[O-])c1)c1c(F)c(F)c(F)c(F)c1F. The fraction of sp³-hybridized carbons (Fsp3) is 0.250. The summed E-state index contributed by atoms with van der Waals surface area (Å²) < 4.78 is 73.3. The highest BCUT2D eigenvalue weighted by molar-refractivity contribution is 6.84. The second-order valence-corrected chi connectivity index (χ2v) is 9.79. The maximum absolute atomic E-state index is 13.9. The van der Waals surface area contributed by atoms with Crippen LogP contribution < -0.4 is 5.19 Å². The van der Waals surface area contributed by atoms with E-state index in [1.807, 2.05) is 0 Å². The van der Waals surface area contributed by atoms with Gasteiger partial charge in [-0.15, -0.1) is 0 Å². The van der Waals surface area contributed by atoms with Crippen LogP contribution in [-0.4, -0.2) is 19.8 Å². The van der Waals surface area contributed by atoms with Crippen molar-refractivity contribution in [2.45, 2.75) is 19.5 Å². The second kappa shape index (κ2) is 7.50. The molecule has 2 rings (SSSR count). The third kappa shape index (κ3) is 3.91. The first-order chi connectivity index (χ1) is 12.1. The number of non-ortho nitro benzene ring substituents is 1. The van der Waals surface area contributed by atoms with E-state index >= 15 is 0 Å². The lowest BCUT2D eigenvalue weighted by molar-refractivity contribution is -0.384. The van der Waals surface area contributed by atoms with E-state index in [9.17, 15) is 32.1 Å². The van der Waals surface area contributed by atoms with Crippen molar-refractivity contribution in [3.63, 3.8) is 0 Å². The summed E-state index contributed by atoms with van der Waals surface area (Å²) in [6.45, 7) is 2.51. The fourth-order valence-corrected chi connectivity index (χ4v) is 4.49. The van der Waals surface area contributed by atoms with Crippen molar-refractivity contribution in [2.24, 2.45) is 0 Å². The molecule has 0 saturated heterocycles. The fourth-order valence-electron chi connectivity index (χ4n) is 2.46. The Balaban J connectivity index is 2.20. The Labute approximate surface area is 146 Å². The van der Waals surface area contributed by atoms with E-state index < -0.39 is 47.5 Å². The summed E-state index contributed by atoms with van der Waals surface area (Å²) in [5.41, 5.74) is 0.417. The number of hydrogen-bond acceptors (Lipinski definition) is 3. The van der Waals surface area contributed by atoms with Gasteiger partial charge in [-0.25, -0.2) is 22.0 Å². The van der Waals surface area contributed by atoms with Crippen molar-refractivity contribution in [2.75, 3.05) is 6.61 Å². The molecule has 0 radical (unpaired) electrons. The predicted octanol–water partition coefficient (Wildman–Crippen LogP) is 3.96. The highest BCUT2D eigenvalue weighted by Gasteiger charge is 2.37. The molecular weight excluding hydrogens is 377 g/mol. The van der Waals surface area contributed by atoms with E-state index in [-0.39, 0.29) is 18.7 Å². The van der Waals surface area contributed by atoms with Crippen LogP contribution in [0.4, 0.5) is 27.6 Å². The lowest BCUT2D eigenvalue weighted by Crippen LogP contribution is -2.50. The van der Waals surface area contributed by atoms with Crippen molar-refractivity contribution < 1.29 is 31.3 Å². The molecule has 0 aliphatic heterocycles. The Morgan fingerprint density at radius 2 is 1.54 bits per heavy atom. The average Bonchev–Trinajstić information content (AvgIpc) is 2.58. The van der Waals surface area contributed by atoms with E-state index in [0.29, 0.717) is 5.56 Å². The number of hydrogen-bond donors (Lipinski definition) is 0. The first-order valence-corrected chi connectivity index (χ1v) is 10.4. The number of benzene rings is 2. The average molecular weight is 391 g/mol. The molecule has 0 fully saturated rings. The first kappa shape index (κ1) is 20.0. The van der Waals surface area contributed by atoms with Crippen LogP contribution in [0, 0.1) is 39.2 Å². The van der Waals surface area contributed by atoms with Gasteiger partial charge in [-0.1, -0.05) is 12.1 Å². The van der Waals surface area contributed by atoms with Gasteiger partial charge >= 0.3 is 0 Å². The zero-order chi connectivity index (χ0) is 19.6. The summed E-state index contributed by atoms with van der Waals surface area (Å²) in [6, 6.07) is 5.69. The monoisotopic (exact) mass is 391 g/mol. The van der Waals surface area contributed by atoms with Crippen LogP contribution in [0.3, 0.4) is 0 Å². The van der Waals surface area contributed by atoms with Gasteiger partial charge in [-0.05, 0) is 25.1 Å². The van der Waals surface area contributed by atoms with E-state index in [4.69, 9.17) is 4.43 Å². The third-order valence-electron chi connectivity index (χ3n) is 3.79. The third-order valence-corrected chi connectivity index (χ3v) is 6.36. The van der Waals surface area contributed by atoms with Crippen molar-refractivity contribution in [3.05, 3.63) is 69.0 Å². The molecule has 2 aromatic carbocycles. The summed E-state index contributed by atoms with van der Waals surface area (Å²) in [6.07, 6.45) is 0.174. The van der Waals surface area contributed by atoms with Crippen LogP contribution in [0.1, 0.15) is 5.56 Å². The molecular formula is C16H14F5NO3Si. The van der Waals surface area contributed by atoms with E-state index in [1.165, 1.54) is 31.3 Å². The van der Waals surface area contributed by atoms with Gasteiger partial charge in [0.25, 0.3) is 5.69 Å². The number of nitrogens with zero attached hydrogens (tertiary/aromatic N) is 1. The highest BCUT2D eigenvalue weighted by Crippen LogP contribution is 2.21. The molecule has 4 nitrogen and oxygen atoms in total. The summed E-state index contributed by atoms with van der Waals surface area (Å²) in [5, 5.41) is 9.80. The van der Waals surface area contributed by atoms with Gasteiger partial charge in [0.2, 0.25) is 14.1 Å². The minimum Gasteiger partial charge on any atom is -0.412 e. The molecule has 0 aliphatic carbocycles. The quantitative estimate of drug-likeness (QED) is 0.187. The van der Waals surface area contributed by atoms with Crippen molar-refractivity contribution in [1.82, 2.24) is 0 Å². The van der Waals surface area contributed by atoms with Gasteiger partial charge < -0.3 is 4.43 Å². The van der Waals surface area contributed by atoms with Crippen molar-refractivity contribution in [1.29, 1.82) is 0 Å². The van der Waals surface area contributed by atoms with Gasteiger partial charge in [0.15, 0.2) is 23.3 Å². The maximum Gasteiger partial charge on any atom is 0.269 e. The Bertz CT molecular complexity index is 831. The Kier molecular flexibility index (Phi) is 5.76. The summed E-state index contributed by atoms with van der Waals surface area (Å²) in [4.78, 5) is 10.2. The van der Waals surface area contributed by atoms with Crippen molar-refractivity contribution >= 4 is 19.2 Å². The predicted molar refractivity (Wildman–Crippen MR) is 86.1 cm³/mol. The molecule has 0 saturated carbocycles. The van der Waals surface area contributed by atoms with Crippen LogP contribution in [0.5, 0.6) is 0 Å². The number of rotatable bonds is 6. The molecule has 10 heteroatoms. The zero-order valence-electron chi connectivity index (χ0n) is 13.8. The van der Waals surface area contributed by atoms with Gasteiger partial charge in [0.1, 0.15) is 0 Å². The molecule has 140 valence electrons. The van der Waals surface area contributed by atoms with Crippen molar-refractivity contribution in [3.8, 4) is 0 Å². The molecule has 0 bridgehead atoms. The molecule has 0 heterocycles. The van der Waals surface area contributed by atoms with Crippen LogP contribution in [-0.2, 0) is 10.8 Å². The Morgan fingerprint density at radius 1 is 1.00 bits per heavy atom.